The van der Waals surface area contributed by atoms with Crippen LogP contribution in [0.1, 0.15) is 40.5 Å². The lowest BCUT2D eigenvalue weighted by atomic mass is 9.79. The molecule has 0 unspecified atom stereocenters. The van der Waals surface area contributed by atoms with E-state index in [1.54, 1.807) is 12.4 Å². The van der Waals surface area contributed by atoms with Gasteiger partial charge in [0.1, 0.15) is 13.7 Å². The maximum absolute atomic E-state index is 5.59. The molecule has 0 spiro atoms. The normalized spacial score (nSPS) is 22.2. The molecule has 2 radical (unpaired) electrons. The van der Waals surface area contributed by atoms with E-state index in [0.29, 0.717) is 11.6 Å². The maximum Gasteiger partial charge on any atom is 0.146 e. The van der Waals surface area contributed by atoms with Gasteiger partial charge >= 0.3 is 0 Å². The van der Waals surface area contributed by atoms with E-state index in [1.807, 2.05) is 0 Å². The van der Waals surface area contributed by atoms with Crippen molar-refractivity contribution in [3.63, 3.8) is 0 Å². The highest BCUT2D eigenvalue weighted by Crippen LogP contribution is 2.32. The summed E-state index contributed by atoms with van der Waals surface area (Å²) in [4.78, 5) is 10.7. The molecule has 1 aromatic heterocycles. The van der Waals surface area contributed by atoms with Crippen LogP contribution in [0.4, 0.5) is 5.82 Å². The Morgan fingerprint density at radius 2 is 1.74 bits per heavy atom. The predicted octanol–water partition coefficient (Wildman–Crippen LogP) is 1.02. The van der Waals surface area contributed by atoms with E-state index < -0.39 is 0 Å². The van der Waals surface area contributed by atoms with E-state index in [2.05, 4.69) is 54.9 Å². The van der Waals surface area contributed by atoms with Crippen LogP contribution in [0.3, 0.4) is 0 Å². The summed E-state index contributed by atoms with van der Waals surface area (Å²) in [7, 11) is 7.67. The maximum atomic E-state index is 5.59. The molecule has 5 heteroatoms. The number of aromatic nitrogens is 2. The fraction of sp³-hybridized carbons (Fsp3) is 0.714. The van der Waals surface area contributed by atoms with Crippen LogP contribution in [0, 0.1) is 0 Å². The highest BCUT2D eigenvalue weighted by atomic mass is 15.2. The van der Waals surface area contributed by atoms with Crippen molar-refractivity contribution < 1.29 is 0 Å². The van der Waals surface area contributed by atoms with Crippen LogP contribution >= 0.6 is 0 Å². The van der Waals surface area contributed by atoms with Crippen LogP contribution in [-0.4, -0.2) is 42.0 Å². The first-order valence-electron chi connectivity index (χ1n) is 6.78. The topological polar surface area (TPSA) is 41.1 Å². The molecule has 4 nitrogen and oxygen atoms in total. The van der Waals surface area contributed by atoms with Crippen molar-refractivity contribution in [3.8, 4) is 0 Å². The van der Waals surface area contributed by atoms with E-state index in [9.17, 15) is 0 Å². The second kappa shape index (κ2) is 4.78. The van der Waals surface area contributed by atoms with Crippen molar-refractivity contribution in [3.05, 3.63) is 12.4 Å². The minimum atomic E-state index is 0.127. The summed E-state index contributed by atoms with van der Waals surface area (Å²) in [5.41, 5.74) is 0.715. The summed E-state index contributed by atoms with van der Waals surface area (Å²) in [6.07, 6.45) is 5.53. The monoisotopic (exact) mass is 258 g/mol. The predicted molar refractivity (Wildman–Crippen MR) is 80.1 cm³/mol. The van der Waals surface area contributed by atoms with Crippen LogP contribution < -0.4 is 15.8 Å². The molecule has 1 aromatic rings. The number of nitrogens with zero attached hydrogens (tertiary/aromatic N) is 3. The largest absolute Gasteiger partial charge is 0.355 e. The van der Waals surface area contributed by atoms with Gasteiger partial charge in [0.2, 0.25) is 0 Å². The summed E-state index contributed by atoms with van der Waals surface area (Å²) in [6, 6.07) is 0.448. The van der Waals surface area contributed by atoms with Gasteiger partial charge in [-0.2, -0.15) is 0 Å². The molecule has 2 heterocycles. The standard InChI is InChI=1S/C14H23BN4/c1-13(2)6-10(7-14(3,4)18-13)19(5)12-9-16-11(15)8-17-12/h8-10,18H,6-7H2,1-5H3. The van der Waals surface area contributed by atoms with Gasteiger partial charge in [-0.05, 0) is 40.5 Å². The first-order chi connectivity index (χ1) is 8.69. The molecule has 1 N–H and O–H groups in total. The molecule has 0 amide bonds. The summed E-state index contributed by atoms with van der Waals surface area (Å²) < 4.78 is 0. The number of hydrogen-bond acceptors (Lipinski definition) is 4. The average molecular weight is 258 g/mol. The molecule has 0 atom stereocenters. The Balaban J connectivity index is 2.18. The zero-order valence-corrected chi connectivity index (χ0v) is 12.6. The van der Waals surface area contributed by atoms with E-state index >= 15 is 0 Å². The second-order valence-corrected chi connectivity index (χ2v) is 6.87. The molecule has 19 heavy (non-hydrogen) atoms. The smallest absolute Gasteiger partial charge is 0.146 e. The van der Waals surface area contributed by atoms with Crippen LogP contribution in [0.25, 0.3) is 0 Å². The first-order valence-corrected chi connectivity index (χ1v) is 6.78. The number of hydrogen-bond donors (Lipinski definition) is 1. The third kappa shape index (κ3) is 3.47. The van der Waals surface area contributed by atoms with Crippen LogP contribution in [0.2, 0.25) is 0 Å². The lowest BCUT2D eigenvalue weighted by Crippen LogP contribution is -2.62. The molecule has 1 aliphatic heterocycles. The summed E-state index contributed by atoms with van der Waals surface area (Å²) in [6.45, 7) is 9.01. The molecule has 0 bridgehead atoms. The minimum Gasteiger partial charge on any atom is -0.355 e. The Kier molecular flexibility index (Phi) is 3.60. The number of rotatable bonds is 2. The zero-order chi connectivity index (χ0) is 14.3. The van der Waals surface area contributed by atoms with Crippen molar-refractivity contribution in [2.45, 2.75) is 57.7 Å². The molecule has 0 aliphatic carbocycles. The molecule has 2 rings (SSSR count). The molecule has 0 aromatic carbocycles. The summed E-state index contributed by atoms with van der Waals surface area (Å²) in [5.74, 6) is 0.882. The van der Waals surface area contributed by atoms with Crippen molar-refractivity contribution in [2.24, 2.45) is 0 Å². The Bertz CT molecular complexity index is 425. The zero-order valence-electron chi connectivity index (χ0n) is 12.6. The Hall–Kier alpha value is -1.10. The second-order valence-electron chi connectivity index (χ2n) is 6.87. The van der Waals surface area contributed by atoms with Gasteiger partial charge in [-0.1, -0.05) is 0 Å². The fourth-order valence-electron chi connectivity index (χ4n) is 3.24. The van der Waals surface area contributed by atoms with Gasteiger partial charge in [-0.3, -0.25) is 4.98 Å². The molecule has 102 valence electrons. The lowest BCUT2D eigenvalue weighted by Gasteiger charge is -2.49. The lowest BCUT2D eigenvalue weighted by molar-refractivity contribution is 0.160. The average Bonchev–Trinajstić information content (AvgIpc) is 2.25. The van der Waals surface area contributed by atoms with Crippen molar-refractivity contribution in [2.75, 3.05) is 11.9 Å². The highest BCUT2D eigenvalue weighted by molar-refractivity contribution is 6.30. The van der Waals surface area contributed by atoms with Gasteiger partial charge in [0, 0.05) is 36.0 Å². The minimum absolute atomic E-state index is 0.127. The molecule has 0 saturated carbocycles. The van der Waals surface area contributed by atoms with Crippen molar-refractivity contribution in [1.82, 2.24) is 15.3 Å². The highest BCUT2D eigenvalue weighted by Gasteiger charge is 2.39. The van der Waals surface area contributed by atoms with Crippen LogP contribution in [-0.2, 0) is 0 Å². The van der Waals surface area contributed by atoms with E-state index in [4.69, 9.17) is 7.85 Å². The summed E-state index contributed by atoms with van der Waals surface area (Å²) in [5, 5.41) is 3.69. The van der Waals surface area contributed by atoms with Crippen LogP contribution in [0.15, 0.2) is 12.4 Å². The van der Waals surface area contributed by atoms with Gasteiger partial charge in [0.15, 0.2) is 0 Å². The SMILES string of the molecule is [B]c1cnc(N(C)C2CC(C)(C)NC(C)(C)C2)cn1. The molecule has 1 saturated heterocycles. The number of anilines is 1. The van der Waals surface area contributed by atoms with Gasteiger partial charge in [0.05, 0.1) is 6.20 Å². The van der Waals surface area contributed by atoms with E-state index in [1.165, 1.54) is 0 Å². The Morgan fingerprint density at radius 3 is 2.21 bits per heavy atom. The molecular weight excluding hydrogens is 235 g/mol. The molecule has 1 aliphatic rings. The number of nitrogens with one attached hydrogen (secondary N) is 1. The summed E-state index contributed by atoms with van der Waals surface area (Å²) >= 11 is 0. The van der Waals surface area contributed by atoms with Gasteiger partial charge in [-0.25, -0.2) is 4.98 Å². The van der Waals surface area contributed by atoms with Gasteiger partial charge in [0.25, 0.3) is 0 Å². The van der Waals surface area contributed by atoms with Crippen molar-refractivity contribution >= 4 is 19.3 Å². The van der Waals surface area contributed by atoms with E-state index in [-0.39, 0.29) is 11.1 Å². The van der Waals surface area contributed by atoms with E-state index in [0.717, 1.165) is 18.7 Å². The molecule has 1 fully saturated rings. The third-order valence-electron chi connectivity index (χ3n) is 3.74. The Labute approximate surface area is 117 Å². The molecular formula is C14H23BN4. The first kappa shape index (κ1) is 14.3. The van der Waals surface area contributed by atoms with Gasteiger partial charge in [-0.15, -0.1) is 0 Å². The van der Waals surface area contributed by atoms with Gasteiger partial charge < -0.3 is 10.2 Å². The van der Waals surface area contributed by atoms with Crippen molar-refractivity contribution in [1.29, 1.82) is 0 Å². The fourth-order valence-corrected chi connectivity index (χ4v) is 3.24. The Morgan fingerprint density at radius 1 is 1.16 bits per heavy atom. The quantitative estimate of drug-likeness (QED) is 0.804. The van der Waals surface area contributed by atoms with Crippen LogP contribution in [0.5, 0.6) is 0 Å². The third-order valence-corrected chi connectivity index (χ3v) is 3.74. The number of piperidine rings is 1.